The molecule has 0 aliphatic rings. The van der Waals surface area contributed by atoms with Crippen LogP contribution in [-0.2, 0) is 13.0 Å². The lowest BCUT2D eigenvalue weighted by Gasteiger charge is -2.35. The van der Waals surface area contributed by atoms with E-state index in [4.69, 9.17) is 13.0 Å². The van der Waals surface area contributed by atoms with Crippen LogP contribution >= 0.6 is 0 Å². The lowest BCUT2D eigenvalue weighted by molar-refractivity contribution is 0.175. The van der Waals surface area contributed by atoms with Gasteiger partial charge in [-0.2, -0.15) is 0 Å². The summed E-state index contributed by atoms with van der Waals surface area (Å²) in [5.41, 5.74) is 3.37. The number of hydrogen-bond acceptors (Lipinski definition) is 3. The highest BCUT2D eigenvalue weighted by Gasteiger charge is 2.47. The minimum atomic E-state index is -2.85. The van der Waals surface area contributed by atoms with Gasteiger partial charge in [0.15, 0.2) is 8.32 Å². The Morgan fingerprint density at radius 3 is 1.75 bits per heavy atom. The largest absolute Gasteiger partial charge is 0.526 e. The first-order chi connectivity index (χ1) is 9.19. The lowest BCUT2D eigenvalue weighted by atomic mass is 10.1. The van der Waals surface area contributed by atoms with Gasteiger partial charge in [-0.3, -0.25) is 0 Å². The summed E-state index contributed by atoms with van der Waals surface area (Å²) in [7, 11) is -1.29. The van der Waals surface area contributed by atoms with Gasteiger partial charge in [-0.15, -0.1) is 0 Å². The number of rotatable bonds is 6. The van der Waals surface area contributed by atoms with Crippen molar-refractivity contribution in [3.05, 3.63) is 35.4 Å². The van der Waals surface area contributed by atoms with Gasteiger partial charge in [-0.1, -0.05) is 24.8 Å². The summed E-state index contributed by atoms with van der Waals surface area (Å²) in [6.45, 7) is 14.4. The Morgan fingerprint density at radius 2 is 1.45 bits per heavy atom. The van der Waals surface area contributed by atoms with Crippen LogP contribution in [-0.4, -0.2) is 31.3 Å². The van der Waals surface area contributed by atoms with Crippen LogP contribution in [0.1, 0.15) is 16.7 Å². The minimum Gasteiger partial charge on any atom is -0.413 e. The normalized spacial score (nSPS) is 12.6. The van der Waals surface area contributed by atoms with E-state index in [1.807, 2.05) is 6.08 Å². The van der Waals surface area contributed by atoms with Gasteiger partial charge in [-0.05, 0) is 50.2 Å². The maximum absolute atomic E-state index is 6.35. The highest BCUT2D eigenvalue weighted by atomic mass is 28.5. The molecule has 0 fully saturated rings. The molecule has 1 aromatic rings. The van der Waals surface area contributed by atoms with Crippen molar-refractivity contribution in [2.45, 2.75) is 33.5 Å². The standard InChI is InChI=1S/C15H26O3Si2/c1-9-14-10-12(2)15(13(3)11-14)20(16-4,17-5)18-19(6,7)8/h9-11H,1H2,2-8H3. The molecular weight excluding hydrogens is 284 g/mol. The van der Waals surface area contributed by atoms with Crippen molar-refractivity contribution in [2.24, 2.45) is 0 Å². The van der Waals surface area contributed by atoms with Gasteiger partial charge in [0.2, 0.25) is 0 Å². The SMILES string of the molecule is C=Cc1cc(C)c([Si](OC)(OC)O[Si](C)(C)C)c(C)c1. The highest BCUT2D eigenvalue weighted by Crippen LogP contribution is 2.20. The first-order valence-corrected chi connectivity index (χ1v) is 11.9. The van der Waals surface area contributed by atoms with E-state index in [1.54, 1.807) is 14.2 Å². The Hall–Kier alpha value is -0.726. The fourth-order valence-electron chi connectivity index (χ4n) is 2.42. The fourth-order valence-corrected chi connectivity index (χ4v) is 8.41. The third-order valence-electron chi connectivity index (χ3n) is 3.07. The van der Waals surface area contributed by atoms with E-state index in [9.17, 15) is 0 Å². The van der Waals surface area contributed by atoms with Gasteiger partial charge >= 0.3 is 8.80 Å². The van der Waals surface area contributed by atoms with Gasteiger partial charge in [-0.25, -0.2) is 0 Å². The molecule has 0 aliphatic carbocycles. The van der Waals surface area contributed by atoms with Crippen molar-refractivity contribution in [2.75, 3.05) is 14.2 Å². The van der Waals surface area contributed by atoms with E-state index in [2.05, 4.69) is 52.2 Å². The van der Waals surface area contributed by atoms with E-state index in [1.165, 1.54) is 0 Å². The fraction of sp³-hybridized carbons (Fsp3) is 0.467. The van der Waals surface area contributed by atoms with Crippen molar-refractivity contribution in [1.29, 1.82) is 0 Å². The average molecular weight is 311 g/mol. The molecule has 3 nitrogen and oxygen atoms in total. The van der Waals surface area contributed by atoms with Gasteiger partial charge in [0.25, 0.3) is 0 Å². The Kier molecular flexibility index (Phi) is 5.51. The molecule has 0 aromatic heterocycles. The maximum atomic E-state index is 6.35. The Morgan fingerprint density at radius 1 is 1.00 bits per heavy atom. The summed E-state index contributed by atoms with van der Waals surface area (Å²) in [5.74, 6) is 0. The van der Waals surface area contributed by atoms with Gasteiger partial charge < -0.3 is 13.0 Å². The third-order valence-corrected chi connectivity index (χ3v) is 9.08. The Bertz CT molecular complexity index is 465. The van der Waals surface area contributed by atoms with E-state index in [-0.39, 0.29) is 0 Å². The molecule has 0 saturated carbocycles. The zero-order chi connectivity index (χ0) is 15.6. The lowest BCUT2D eigenvalue weighted by Crippen LogP contribution is -2.61. The van der Waals surface area contributed by atoms with Crippen LogP contribution in [0.3, 0.4) is 0 Å². The molecule has 1 rings (SSSR count). The number of benzene rings is 1. The van der Waals surface area contributed by atoms with Crippen LogP contribution in [0.5, 0.6) is 0 Å². The molecule has 0 radical (unpaired) electrons. The van der Waals surface area contributed by atoms with Crippen molar-refractivity contribution in [3.63, 3.8) is 0 Å². The van der Waals surface area contributed by atoms with Crippen LogP contribution < -0.4 is 5.19 Å². The molecule has 0 spiro atoms. The zero-order valence-corrected chi connectivity index (χ0v) is 15.7. The summed E-state index contributed by atoms with van der Waals surface area (Å²) < 4.78 is 17.9. The smallest absolute Gasteiger partial charge is 0.413 e. The van der Waals surface area contributed by atoms with Crippen LogP contribution in [0, 0.1) is 13.8 Å². The molecule has 0 unspecified atom stereocenters. The second kappa shape index (κ2) is 6.36. The van der Waals surface area contributed by atoms with E-state index in [0.29, 0.717) is 0 Å². The second-order valence-electron chi connectivity index (χ2n) is 5.91. The summed E-state index contributed by atoms with van der Waals surface area (Å²) in [4.78, 5) is 0. The monoisotopic (exact) mass is 310 g/mol. The van der Waals surface area contributed by atoms with Crippen molar-refractivity contribution >= 4 is 28.4 Å². The molecule has 0 saturated heterocycles. The van der Waals surface area contributed by atoms with Crippen LogP contribution in [0.4, 0.5) is 0 Å². The quantitative estimate of drug-likeness (QED) is 0.755. The Labute approximate surface area is 125 Å². The summed E-state index contributed by atoms with van der Waals surface area (Å²) in [6.07, 6.45) is 1.85. The maximum Gasteiger partial charge on any atom is 0.526 e. The Balaban J connectivity index is 3.46. The predicted octanol–water partition coefficient (Wildman–Crippen LogP) is 3.24. The minimum absolute atomic E-state index is 1.08. The van der Waals surface area contributed by atoms with Gasteiger partial charge in [0.05, 0.1) is 0 Å². The van der Waals surface area contributed by atoms with Crippen molar-refractivity contribution in [1.82, 2.24) is 0 Å². The molecule has 0 aliphatic heterocycles. The zero-order valence-electron chi connectivity index (χ0n) is 13.7. The second-order valence-corrected chi connectivity index (χ2v) is 13.4. The van der Waals surface area contributed by atoms with Gasteiger partial charge in [0, 0.05) is 19.4 Å². The first kappa shape index (κ1) is 17.3. The van der Waals surface area contributed by atoms with Crippen LogP contribution in [0.15, 0.2) is 18.7 Å². The summed E-state index contributed by atoms with van der Waals surface area (Å²) >= 11 is 0. The molecule has 0 heterocycles. The molecule has 20 heavy (non-hydrogen) atoms. The third kappa shape index (κ3) is 3.68. The number of hydrogen-bond donors (Lipinski definition) is 0. The molecule has 0 amide bonds. The number of aryl methyl sites for hydroxylation is 2. The van der Waals surface area contributed by atoms with Crippen molar-refractivity contribution < 1.29 is 13.0 Å². The predicted molar refractivity (Wildman–Crippen MR) is 89.8 cm³/mol. The molecule has 0 bridgehead atoms. The molecular formula is C15H26O3Si2. The summed E-state index contributed by atoms with van der Waals surface area (Å²) in [6, 6.07) is 4.20. The molecule has 0 N–H and O–H groups in total. The van der Waals surface area contributed by atoms with Crippen LogP contribution in [0.2, 0.25) is 19.6 Å². The average Bonchev–Trinajstić information content (AvgIpc) is 2.34. The van der Waals surface area contributed by atoms with E-state index >= 15 is 0 Å². The van der Waals surface area contributed by atoms with E-state index < -0.39 is 17.1 Å². The van der Waals surface area contributed by atoms with E-state index in [0.717, 1.165) is 21.9 Å². The van der Waals surface area contributed by atoms with Gasteiger partial charge in [0.1, 0.15) is 0 Å². The molecule has 5 heteroatoms. The van der Waals surface area contributed by atoms with Crippen LogP contribution in [0.25, 0.3) is 6.08 Å². The molecule has 0 atom stereocenters. The summed E-state index contributed by atoms with van der Waals surface area (Å²) in [5, 5.41) is 1.08. The molecule has 112 valence electrons. The van der Waals surface area contributed by atoms with Crippen molar-refractivity contribution in [3.8, 4) is 0 Å². The topological polar surface area (TPSA) is 27.7 Å². The molecule has 1 aromatic carbocycles. The first-order valence-electron chi connectivity index (χ1n) is 6.73. The highest BCUT2D eigenvalue weighted by molar-refractivity contribution is 6.86.